The van der Waals surface area contributed by atoms with Crippen molar-refractivity contribution < 1.29 is 4.42 Å². The molecule has 5 heteroatoms. The van der Waals surface area contributed by atoms with Crippen molar-refractivity contribution in [2.45, 2.75) is 0 Å². The summed E-state index contributed by atoms with van der Waals surface area (Å²) in [5.41, 5.74) is 9.46. The molecule has 4 nitrogen and oxygen atoms in total. The number of hydrogen-bond acceptors (Lipinski definition) is 4. The van der Waals surface area contributed by atoms with Crippen LogP contribution in [0.25, 0.3) is 92.0 Å². The predicted octanol–water partition coefficient (Wildman–Crippen LogP) is 12.0. The van der Waals surface area contributed by atoms with E-state index in [1.165, 1.54) is 10.1 Å². The number of aromatic nitrogens is 2. The maximum Gasteiger partial charge on any atom is 0.188 e. The second-order valence-corrected chi connectivity index (χ2v) is 12.3. The fraction of sp³-hybridized carbons (Fsp3) is 0. The van der Waals surface area contributed by atoms with Gasteiger partial charge in [-0.3, -0.25) is 0 Å². The van der Waals surface area contributed by atoms with Gasteiger partial charge in [-0.15, -0.1) is 11.3 Å². The van der Waals surface area contributed by atoms with Crippen LogP contribution in [0.5, 0.6) is 0 Å². The Morgan fingerprint density at radius 2 is 1.26 bits per heavy atom. The van der Waals surface area contributed by atoms with Crippen molar-refractivity contribution in [2.24, 2.45) is 0 Å². The summed E-state index contributed by atoms with van der Waals surface area (Å²) >= 11 is 1.71. The van der Waals surface area contributed by atoms with Gasteiger partial charge in [-0.1, -0.05) is 109 Å². The molecule has 46 heavy (non-hydrogen) atoms. The maximum atomic E-state index is 7.43. The highest BCUT2D eigenvalue weighted by Gasteiger charge is 2.17. The van der Waals surface area contributed by atoms with Crippen molar-refractivity contribution >= 4 is 59.3 Å². The average molecular weight is 606 g/mol. The number of fused-ring (bicyclic) bond motifs is 6. The van der Waals surface area contributed by atoms with Crippen molar-refractivity contribution in [2.75, 3.05) is 0 Å². The first-order valence-corrected chi connectivity index (χ1v) is 15.8. The van der Waals surface area contributed by atoms with Gasteiger partial charge >= 0.3 is 0 Å². The lowest BCUT2D eigenvalue weighted by Crippen LogP contribution is -1.94. The number of furan rings is 1. The van der Waals surface area contributed by atoms with Crippen LogP contribution >= 0.6 is 11.3 Å². The summed E-state index contributed by atoms with van der Waals surface area (Å²) in [4.78, 5) is 14.9. The minimum atomic E-state index is 0.605. The molecule has 214 valence electrons. The van der Waals surface area contributed by atoms with E-state index in [2.05, 4.69) is 120 Å². The van der Waals surface area contributed by atoms with E-state index in [1.807, 2.05) is 18.2 Å². The monoisotopic (exact) mass is 605 g/mol. The Morgan fingerprint density at radius 1 is 0.565 bits per heavy atom. The normalized spacial score (nSPS) is 11.5. The largest absolute Gasteiger partial charge is 0.456 e. The molecule has 0 atom stereocenters. The van der Waals surface area contributed by atoms with Gasteiger partial charge in [0.1, 0.15) is 16.0 Å². The van der Waals surface area contributed by atoms with Crippen LogP contribution in [0.15, 0.2) is 144 Å². The van der Waals surface area contributed by atoms with Crippen LogP contribution in [0.1, 0.15) is 0 Å². The Balaban J connectivity index is 1.16. The van der Waals surface area contributed by atoms with Crippen LogP contribution in [0, 0.1) is 6.57 Å². The topological polar surface area (TPSA) is 43.3 Å². The second kappa shape index (κ2) is 10.5. The summed E-state index contributed by atoms with van der Waals surface area (Å²) in [6, 6.07) is 47.7. The van der Waals surface area contributed by atoms with Crippen LogP contribution in [0.2, 0.25) is 0 Å². The van der Waals surface area contributed by atoms with E-state index in [9.17, 15) is 0 Å². The molecule has 0 radical (unpaired) electrons. The third-order valence-corrected chi connectivity index (χ3v) is 9.59. The van der Waals surface area contributed by atoms with Gasteiger partial charge in [0.2, 0.25) is 0 Å². The summed E-state index contributed by atoms with van der Waals surface area (Å²) in [6.45, 7) is 7.43. The van der Waals surface area contributed by atoms with Crippen LogP contribution in [-0.2, 0) is 0 Å². The molecule has 0 N–H and O–H groups in total. The molecule has 9 rings (SSSR count). The molecule has 3 aromatic heterocycles. The Morgan fingerprint density at radius 3 is 2.11 bits per heavy atom. The van der Waals surface area contributed by atoms with Crippen LogP contribution < -0.4 is 0 Å². The van der Waals surface area contributed by atoms with E-state index in [0.29, 0.717) is 11.5 Å². The van der Waals surface area contributed by atoms with Crippen molar-refractivity contribution in [1.29, 1.82) is 0 Å². The van der Waals surface area contributed by atoms with Crippen LogP contribution in [-0.4, -0.2) is 9.97 Å². The quantitative estimate of drug-likeness (QED) is 0.187. The van der Waals surface area contributed by atoms with Gasteiger partial charge in [0.15, 0.2) is 11.5 Å². The van der Waals surface area contributed by atoms with Gasteiger partial charge in [0, 0.05) is 42.9 Å². The summed E-state index contributed by atoms with van der Waals surface area (Å²) in [6.07, 6.45) is 0. The first-order chi connectivity index (χ1) is 22.7. The molecule has 3 heterocycles. The van der Waals surface area contributed by atoms with Gasteiger partial charge in [0.05, 0.1) is 12.3 Å². The smallest absolute Gasteiger partial charge is 0.188 e. The van der Waals surface area contributed by atoms with Gasteiger partial charge in [-0.25, -0.2) is 14.8 Å². The van der Waals surface area contributed by atoms with Crippen molar-refractivity contribution in [3.63, 3.8) is 0 Å². The highest BCUT2D eigenvalue weighted by atomic mass is 32.1. The van der Waals surface area contributed by atoms with E-state index < -0.39 is 0 Å². The number of para-hydroxylation sites is 1. The molecule has 0 saturated heterocycles. The van der Waals surface area contributed by atoms with E-state index >= 15 is 0 Å². The number of nitrogens with zero attached hydrogens (tertiary/aromatic N) is 3. The first-order valence-electron chi connectivity index (χ1n) is 15.0. The minimum absolute atomic E-state index is 0.605. The molecule has 0 fully saturated rings. The Bertz CT molecular complexity index is 2660. The van der Waals surface area contributed by atoms with E-state index in [-0.39, 0.29) is 0 Å². The van der Waals surface area contributed by atoms with Gasteiger partial charge in [0.25, 0.3) is 0 Å². The molecule has 0 saturated carbocycles. The van der Waals surface area contributed by atoms with Crippen molar-refractivity contribution in [1.82, 2.24) is 9.97 Å². The minimum Gasteiger partial charge on any atom is -0.456 e. The molecule has 0 unspecified atom stereocenters. The third-order valence-electron chi connectivity index (χ3n) is 8.52. The summed E-state index contributed by atoms with van der Waals surface area (Å²) in [5.74, 6) is 0.710. The Labute approximate surface area is 268 Å². The average Bonchev–Trinajstić information content (AvgIpc) is 3.69. The molecule has 0 aliphatic rings. The van der Waals surface area contributed by atoms with Gasteiger partial charge in [-0.05, 0) is 47.0 Å². The lowest BCUT2D eigenvalue weighted by atomic mass is 9.96. The molecule has 0 aliphatic heterocycles. The number of rotatable bonds is 4. The summed E-state index contributed by atoms with van der Waals surface area (Å²) in [5, 5.41) is 4.25. The van der Waals surface area contributed by atoms with Gasteiger partial charge in [-0.2, -0.15) is 0 Å². The zero-order valence-electron chi connectivity index (χ0n) is 24.4. The maximum absolute atomic E-state index is 7.43. The van der Waals surface area contributed by atoms with Crippen molar-refractivity contribution in [3.8, 4) is 44.9 Å². The molecule has 6 aromatic carbocycles. The van der Waals surface area contributed by atoms with Crippen molar-refractivity contribution in [3.05, 3.63) is 151 Å². The summed E-state index contributed by atoms with van der Waals surface area (Å²) < 4.78 is 7.55. The van der Waals surface area contributed by atoms with E-state index in [0.717, 1.165) is 71.2 Å². The molecular weight excluding hydrogens is 583 g/mol. The predicted molar refractivity (Wildman–Crippen MR) is 190 cm³/mol. The second-order valence-electron chi connectivity index (χ2n) is 11.3. The zero-order chi connectivity index (χ0) is 30.6. The summed E-state index contributed by atoms with van der Waals surface area (Å²) in [7, 11) is 0. The number of hydrogen-bond donors (Lipinski definition) is 0. The molecule has 9 aromatic rings. The van der Waals surface area contributed by atoms with E-state index in [4.69, 9.17) is 21.0 Å². The fourth-order valence-corrected chi connectivity index (χ4v) is 7.42. The van der Waals surface area contributed by atoms with E-state index in [1.54, 1.807) is 17.4 Å². The Hall–Kier alpha value is -6.09. The number of benzene rings is 6. The third kappa shape index (κ3) is 4.28. The van der Waals surface area contributed by atoms with Crippen LogP contribution in [0.4, 0.5) is 5.69 Å². The molecule has 0 amide bonds. The molecule has 0 spiro atoms. The number of thiophene rings is 1. The molecule has 0 bridgehead atoms. The zero-order valence-corrected chi connectivity index (χ0v) is 25.3. The highest BCUT2D eigenvalue weighted by molar-refractivity contribution is 7.25. The standard InChI is InChI=1S/C41H23N3OS/c1-42-30-20-21-35-34(24-30)32-18-9-17-31(39(32)45-35)28-14-7-12-26(22-28)27-13-8-15-29(23-27)40-43-38(25-10-3-2-4-11-25)37-33-16-5-6-19-36(33)46-41(37)44-40/h2-24H. The fourth-order valence-electron chi connectivity index (χ4n) is 6.34. The molecule has 0 aliphatic carbocycles. The highest BCUT2D eigenvalue weighted by Crippen LogP contribution is 2.41. The molecular formula is C41H23N3OS. The lowest BCUT2D eigenvalue weighted by Gasteiger charge is -2.10. The van der Waals surface area contributed by atoms with Gasteiger partial charge < -0.3 is 4.42 Å². The first kappa shape index (κ1) is 26.3. The lowest BCUT2D eigenvalue weighted by molar-refractivity contribution is 0.670. The SMILES string of the molecule is [C-]#[N+]c1ccc2oc3c(-c4cccc(-c5cccc(-c6nc(-c7ccccc7)c7c(n6)sc6ccccc67)c5)c4)cccc3c2c1. The van der Waals surface area contributed by atoms with Crippen LogP contribution in [0.3, 0.4) is 0 Å². The Kier molecular flexibility index (Phi) is 6.02.